The van der Waals surface area contributed by atoms with Crippen molar-refractivity contribution >= 4 is 11.8 Å². The van der Waals surface area contributed by atoms with Crippen LogP contribution in [-0.4, -0.2) is 40.9 Å². The third kappa shape index (κ3) is 3.57. The van der Waals surface area contributed by atoms with Gasteiger partial charge in [0.1, 0.15) is 11.6 Å². The summed E-state index contributed by atoms with van der Waals surface area (Å²) in [4.78, 5) is 17.4. The smallest absolute Gasteiger partial charge is 0.323 e. The van der Waals surface area contributed by atoms with Crippen LogP contribution in [0.15, 0.2) is 18.3 Å². The van der Waals surface area contributed by atoms with E-state index in [2.05, 4.69) is 10.3 Å². The van der Waals surface area contributed by atoms with Gasteiger partial charge in [0.05, 0.1) is 31.0 Å². The minimum Gasteiger partial charge on any atom is -0.506 e. The molecule has 2 heterocycles. The Bertz CT molecular complexity index is 453. The van der Waals surface area contributed by atoms with Crippen molar-refractivity contribution in [2.45, 2.75) is 32.4 Å². The second-order valence-electron chi connectivity index (χ2n) is 5.55. The molecule has 19 heavy (non-hydrogen) atoms. The van der Waals surface area contributed by atoms with E-state index >= 15 is 0 Å². The van der Waals surface area contributed by atoms with Gasteiger partial charge in [-0.1, -0.05) is 0 Å². The number of aromatic hydroxyl groups is 1. The molecule has 1 atom stereocenters. The van der Waals surface area contributed by atoms with Crippen molar-refractivity contribution in [3.8, 4) is 5.75 Å². The summed E-state index contributed by atoms with van der Waals surface area (Å²) < 4.78 is 5.66. The molecule has 0 saturated carbocycles. The van der Waals surface area contributed by atoms with Gasteiger partial charge in [-0.25, -0.2) is 9.78 Å². The third-order valence-corrected chi connectivity index (χ3v) is 2.70. The van der Waals surface area contributed by atoms with Gasteiger partial charge in [0, 0.05) is 0 Å². The lowest BCUT2D eigenvalue weighted by molar-refractivity contribution is -0.0102. The molecule has 104 valence electrons. The number of aromatic nitrogens is 1. The lowest BCUT2D eigenvalue weighted by Gasteiger charge is -2.22. The molecule has 2 amide bonds. The van der Waals surface area contributed by atoms with E-state index in [1.807, 2.05) is 20.8 Å². The predicted octanol–water partition coefficient (Wildman–Crippen LogP) is 1.50. The first kappa shape index (κ1) is 13.6. The van der Waals surface area contributed by atoms with Crippen LogP contribution in [0.25, 0.3) is 0 Å². The van der Waals surface area contributed by atoms with E-state index in [0.717, 1.165) is 0 Å². The number of nitrogens with one attached hydrogen (secondary N) is 1. The monoisotopic (exact) mass is 265 g/mol. The molecule has 0 unspecified atom stereocenters. The highest BCUT2D eigenvalue weighted by Gasteiger charge is 2.31. The molecule has 6 heteroatoms. The van der Waals surface area contributed by atoms with Gasteiger partial charge < -0.3 is 15.2 Å². The summed E-state index contributed by atoms with van der Waals surface area (Å²) in [5, 5.41) is 12.0. The highest BCUT2D eigenvalue weighted by atomic mass is 16.5. The van der Waals surface area contributed by atoms with Crippen molar-refractivity contribution in [2.75, 3.05) is 18.1 Å². The summed E-state index contributed by atoms with van der Waals surface area (Å²) in [6, 6.07) is 2.87. The summed E-state index contributed by atoms with van der Waals surface area (Å²) in [6.07, 6.45) is 1.32. The summed E-state index contributed by atoms with van der Waals surface area (Å²) in [5.41, 5.74) is -0.227. The Morgan fingerprint density at radius 1 is 1.53 bits per heavy atom. The van der Waals surface area contributed by atoms with Crippen LogP contribution in [0.2, 0.25) is 0 Å². The Balaban J connectivity index is 1.98. The van der Waals surface area contributed by atoms with Gasteiger partial charge in [-0.05, 0) is 32.9 Å². The van der Waals surface area contributed by atoms with Gasteiger partial charge in [-0.2, -0.15) is 0 Å². The van der Waals surface area contributed by atoms with Crippen LogP contribution >= 0.6 is 0 Å². The first-order valence-electron chi connectivity index (χ1n) is 6.22. The number of hydrogen-bond donors (Lipinski definition) is 2. The molecular weight excluding hydrogens is 246 g/mol. The zero-order valence-corrected chi connectivity index (χ0v) is 11.4. The largest absolute Gasteiger partial charge is 0.506 e. The van der Waals surface area contributed by atoms with Crippen molar-refractivity contribution in [3.05, 3.63) is 18.3 Å². The molecule has 2 rings (SSSR count). The maximum absolute atomic E-state index is 11.9. The van der Waals surface area contributed by atoms with Crippen molar-refractivity contribution in [3.63, 3.8) is 0 Å². The van der Waals surface area contributed by atoms with Gasteiger partial charge in [0.25, 0.3) is 0 Å². The molecule has 0 aromatic carbocycles. The molecule has 0 radical (unpaired) electrons. The molecule has 1 aromatic heterocycles. The molecule has 0 bridgehead atoms. The molecule has 2 N–H and O–H groups in total. The minimum absolute atomic E-state index is 0.0534. The number of pyridine rings is 1. The third-order valence-electron chi connectivity index (χ3n) is 2.70. The van der Waals surface area contributed by atoms with E-state index < -0.39 is 0 Å². The van der Waals surface area contributed by atoms with Crippen LogP contribution in [0.3, 0.4) is 0 Å². The molecule has 1 aliphatic rings. The lowest BCUT2D eigenvalue weighted by Crippen LogP contribution is -2.34. The van der Waals surface area contributed by atoms with Crippen LogP contribution in [-0.2, 0) is 4.74 Å². The SMILES string of the molecule is CC(C)(C)OC[C@@H]1CN(c2ccc(O)cn2)C(=O)N1. The predicted molar refractivity (Wildman–Crippen MR) is 71.3 cm³/mol. The van der Waals surface area contributed by atoms with Crippen molar-refractivity contribution in [1.82, 2.24) is 10.3 Å². The summed E-state index contributed by atoms with van der Waals surface area (Å²) in [6.45, 7) is 6.89. The molecular formula is C13H19N3O3. The number of anilines is 1. The topological polar surface area (TPSA) is 74.7 Å². The van der Waals surface area contributed by atoms with Gasteiger partial charge in [0.15, 0.2) is 0 Å². The Hall–Kier alpha value is -1.82. The zero-order valence-electron chi connectivity index (χ0n) is 11.4. The Labute approximate surface area is 112 Å². The van der Waals surface area contributed by atoms with E-state index in [1.165, 1.54) is 17.2 Å². The second kappa shape index (κ2) is 5.05. The zero-order chi connectivity index (χ0) is 14.0. The molecule has 0 aliphatic carbocycles. The summed E-state index contributed by atoms with van der Waals surface area (Å²) in [7, 11) is 0. The number of carbonyl (C=O) groups excluding carboxylic acids is 1. The highest BCUT2D eigenvalue weighted by molar-refractivity contribution is 5.93. The molecule has 1 aromatic rings. The maximum Gasteiger partial charge on any atom is 0.323 e. The lowest BCUT2D eigenvalue weighted by atomic mass is 10.2. The fraction of sp³-hybridized carbons (Fsp3) is 0.538. The maximum atomic E-state index is 11.9. The van der Waals surface area contributed by atoms with Crippen LogP contribution < -0.4 is 10.2 Å². The molecule has 1 saturated heterocycles. The summed E-state index contributed by atoms with van der Waals surface area (Å²) in [5.74, 6) is 0.601. The molecule has 1 fully saturated rings. The quantitative estimate of drug-likeness (QED) is 0.868. The Morgan fingerprint density at radius 2 is 2.26 bits per heavy atom. The fourth-order valence-corrected chi connectivity index (χ4v) is 1.78. The average Bonchev–Trinajstić information content (AvgIpc) is 2.68. The summed E-state index contributed by atoms with van der Waals surface area (Å²) >= 11 is 0. The number of rotatable bonds is 3. The van der Waals surface area contributed by atoms with Crippen LogP contribution in [0, 0.1) is 0 Å². The second-order valence-corrected chi connectivity index (χ2v) is 5.55. The Morgan fingerprint density at radius 3 is 2.84 bits per heavy atom. The van der Waals surface area contributed by atoms with E-state index in [0.29, 0.717) is 19.0 Å². The number of amides is 2. The minimum atomic E-state index is -0.227. The van der Waals surface area contributed by atoms with Crippen molar-refractivity contribution < 1.29 is 14.6 Å². The molecule has 0 spiro atoms. The standard InChI is InChI=1S/C13H19N3O3/c1-13(2,3)19-8-9-7-16(12(18)15-9)11-5-4-10(17)6-14-11/h4-6,9,17H,7-8H2,1-3H3,(H,15,18)/t9-/m0/s1. The van der Waals surface area contributed by atoms with E-state index in [1.54, 1.807) is 6.07 Å². The van der Waals surface area contributed by atoms with E-state index in [9.17, 15) is 9.90 Å². The number of ether oxygens (including phenoxy) is 1. The first-order chi connectivity index (χ1) is 8.85. The van der Waals surface area contributed by atoms with Gasteiger partial charge in [-0.3, -0.25) is 4.90 Å². The molecule has 6 nitrogen and oxygen atoms in total. The van der Waals surface area contributed by atoms with Crippen LogP contribution in [0.1, 0.15) is 20.8 Å². The van der Waals surface area contributed by atoms with Crippen LogP contribution in [0.5, 0.6) is 5.75 Å². The highest BCUT2D eigenvalue weighted by Crippen LogP contribution is 2.19. The van der Waals surface area contributed by atoms with Crippen molar-refractivity contribution in [2.24, 2.45) is 0 Å². The first-order valence-corrected chi connectivity index (χ1v) is 6.22. The van der Waals surface area contributed by atoms with Crippen LogP contribution in [0.4, 0.5) is 10.6 Å². The van der Waals surface area contributed by atoms with Crippen molar-refractivity contribution in [1.29, 1.82) is 0 Å². The van der Waals surface area contributed by atoms with Gasteiger partial charge >= 0.3 is 6.03 Å². The van der Waals surface area contributed by atoms with E-state index in [-0.39, 0.29) is 23.4 Å². The number of nitrogens with zero attached hydrogens (tertiary/aromatic N) is 2. The fourth-order valence-electron chi connectivity index (χ4n) is 1.78. The van der Waals surface area contributed by atoms with E-state index in [4.69, 9.17) is 4.74 Å². The number of hydrogen-bond acceptors (Lipinski definition) is 4. The Kier molecular flexibility index (Phi) is 3.61. The van der Waals surface area contributed by atoms with Gasteiger partial charge in [0.2, 0.25) is 0 Å². The normalized spacial score (nSPS) is 19.6. The molecule has 1 aliphatic heterocycles. The van der Waals surface area contributed by atoms with Gasteiger partial charge in [-0.15, -0.1) is 0 Å². The average molecular weight is 265 g/mol. The number of carbonyl (C=O) groups is 1. The number of urea groups is 1.